The monoisotopic (exact) mass is 288 g/mol. The molecular formula is C14H18F2O2S. The van der Waals surface area contributed by atoms with Crippen molar-refractivity contribution in [2.45, 2.75) is 32.4 Å². The maximum atomic E-state index is 13.8. The predicted octanol–water partition coefficient (Wildman–Crippen LogP) is 3.88. The summed E-state index contributed by atoms with van der Waals surface area (Å²) in [7, 11) is 1.27. The molecule has 1 aromatic carbocycles. The van der Waals surface area contributed by atoms with Crippen LogP contribution in [0.5, 0.6) is 5.75 Å². The van der Waals surface area contributed by atoms with Crippen LogP contribution in [0.1, 0.15) is 33.3 Å². The van der Waals surface area contributed by atoms with E-state index in [1.807, 2.05) is 20.8 Å². The lowest BCUT2D eigenvalue weighted by Crippen LogP contribution is -2.25. The van der Waals surface area contributed by atoms with Crippen molar-refractivity contribution in [3.8, 4) is 5.75 Å². The van der Waals surface area contributed by atoms with Gasteiger partial charge in [-0.2, -0.15) is 0 Å². The van der Waals surface area contributed by atoms with Crippen molar-refractivity contribution in [2.24, 2.45) is 0 Å². The highest BCUT2D eigenvalue weighted by atomic mass is 32.2. The standard InChI is InChI=1S/C14H18F2O2S/c1-9(8-19(17)14(2,3)4)12-10(15)6-7-11(16)13(12)18-5/h6-8H,1-5H3/b9-8+. The fourth-order valence-electron chi connectivity index (χ4n) is 1.50. The van der Waals surface area contributed by atoms with Crippen LogP contribution in [0.4, 0.5) is 8.78 Å². The van der Waals surface area contributed by atoms with Gasteiger partial charge in [0.2, 0.25) is 0 Å². The quantitative estimate of drug-likeness (QED) is 0.791. The summed E-state index contributed by atoms with van der Waals surface area (Å²) in [5.41, 5.74) is 0.405. The molecule has 0 radical (unpaired) electrons. The van der Waals surface area contributed by atoms with Gasteiger partial charge in [0.05, 0.1) is 12.7 Å². The van der Waals surface area contributed by atoms with Crippen molar-refractivity contribution in [2.75, 3.05) is 7.11 Å². The Morgan fingerprint density at radius 2 is 1.79 bits per heavy atom. The van der Waals surface area contributed by atoms with E-state index < -0.39 is 27.6 Å². The molecule has 0 heterocycles. The van der Waals surface area contributed by atoms with E-state index in [0.29, 0.717) is 5.57 Å². The minimum Gasteiger partial charge on any atom is -0.611 e. The maximum Gasteiger partial charge on any atom is 0.165 e. The molecule has 1 rings (SSSR count). The van der Waals surface area contributed by atoms with Gasteiger partial charge in [0, 0.05) is 5.57 Å². The molecule has 19 heavy (non-hydrogen) atoms. The number of allylic oxidation sites excluding steroid dienone is 1. The lowest BCUT2D eigenvalue weighted by molar-refractivity contribution is 0.381. The third kappa shape index (κ3) is 3.70. The van der Waals surface area contributed by atoms with Crippen LogP contribution in [0.15, 0.2) is 17.5 Å². The van der Waals surface area contributed by atoms with E-state index in [2.05, 4.69) is 0 Å². The van der Waals surface area contributed by atoms with E-state index >= 15 is 0 Å². The minimum atomic E-state index is -1.30. The Hall–Kier alpha value is -1.07. The third-order valence-corrected chi connectivity index (χ3v) is 4.32. The first kappa shape index (κ1) is 16.0. The van der Waals surface area contributed by atoms with Gasteiger partial charge < -0.3 is 9.29 Å². The fraction of sp³-hybridized carbons (Fsp3) is 0.429. The molecule has 5 heteroatoms. The molecule has 2 nitrogen and oxygen atoms in total. The smallest absolute Gasteiger partial charge is 0.165 e. The van der Waals surface area contributed by atoms with Crippen molar-refractivity contribution in [1.29, 1.82) is 0 Å². The lowest BCUT2D eigenvalue weighted by Gasteiger charge is -2.22. The molecule has 0 aromatic heterocycles. The highest BCUT2D eigenvalue weighted by Gasteiger charge is 2.26. The van der Waals surface area contributed by atoms with Crippen LogP contribution in [-0.4, -0.2) is 16.4 Å². The summed E-state index contributed by atoms with van der Waals surface area (Å²) in [5.74, 6) is -1.41. The van der Waals surface area contributed by atoms with E-state index in [-0.39, 0.29) is 11.3 Å². The molecular weight excluding hydrogens is 270 g/mol. The number of rotatable bonds is 3. The van der Waals surface area contributed by atoms with Gasteiger partial charge in [-0.3, -0.25) is 0 Å². The number of hydrogen-bond acceptors (Lipinski definition) is 2. The first-order valence-electron chi connectivity index (χ1n) is 5.80. The molecule has 0 spiro atoms. The van der Waals surface area contributed by atoms with E-state index in [0.717, 1.165) is 12.1 Å². The number of ether oxygens (including phenoxy) is 1. The third-order valence-electron chi connectivity index (χ3n) is 2.54. The first-order valence-corrected chi connectivity index (χ1v) is 7.01. The van der Waals surface area contributed by atoms with Crippen LogP contribution in [0, 0.1) is 11.6 Å². The maximum absolute atomic E-state index is 13.8. The van der Waals surface area contributed by atoms with Crippen molar-refractivity contribution in [3.63, 3.8) is 0 Å². The van der Waals surface area contributed by atoms with Crippen LogP contribution in [0.25, 0.3) is 5.57 Å². The Balaban J connectivity index is 3.30. The molecule has 1 atom stereocenters. The number of methoxy groups -OCH3 is 1. The SMILES string of the molecule is COc1c(F)ccc(F)c1/C(C)=C/[S+]([O-])C(C)(C)C. The van der Waals surface area contributed by atoms with Crippen LogP contribution in [0.3, 0.4) is 0 Å². The summed E-state index contributed by atoms with van der Waals surface area (Å²) in [6.07, 6.45) is 0. The molecule has 0 fully saturated rings. The van der Waals surface area contributed by atoms with Gasteiger partial charge in [-0.25, -0.2) is 8.78 Å². The zero-order valence-corrected chi connectivity index (χ0v) is 12.5. The topological polar surface area (TPSA) is 32.3 Å². The average Bonchev–Trinajstić information content (AvgIpc) is 2.30. The second-order valence-electron chi connectivity index (χ2n) is 5.15. The van der Waals surface area contributed by atoms with Gasteiger partial charge in [-0.05, 0) is 51.0 Å². The molecule has 1 unspecified atom stereocenters. The number of halogens is 2. The molecule has 0 bridgehead atoms. The zero-order chi connectivity index (χ0) is 14.8. The van der Waals surface area contributed by atoms with Crippen LogP contribution >= 0.6 is 0 Å². The Kier molecular flexibility index (Phi) is 4.98. The summed E-state index contributed by atoms with van der Waals surface area (Å²) in [4.78, 5) is 0. The summed E-state index contributed by atoms with van der Waals surface area (Å²) in [5, 5.41) is 1.43. The second-order valence-corrected chi connectivity index (χ2v) is 7.20. The van der Waals surface area contributed by atoms with Gasteiger partial charge in [-0.15, -0.1) is 0 Å². The molecule has 0 aliphatic heterocycles. The summed E-state index contributed by atoms with van der Waals surface area (Å²) >= 11 is -1.30. The van der Waals surface area contributed by atoms with Crippen LogP contribution in [-0.2, 0) is 11.2 Å². The van der Waals surface area contributed by atoms with Gasteiger partial charge in [0.15, 0.2) is 11.6 Å². The average molecular weight is 288 g/mol. The number of hydrogen-bond donors (Lipinski definition) is 0. The summed E-state index contributed by atoms with van der Waals surface area (Å²) in [6, 6.07) is 2.04. The van der Waals surface area contributed by atoms with Gasteiger partial charge in [-0.1, -0.05) is 0 Å². The molecule has 0 amide bonds. The van der Waals surface area contributed by atoms with Gasteiger partial charge in [0.25, 0.3) is 0 Å². The van der Waals surface area contributed by atoms with E-state index in [9.17, 15) is 13.3 Å². The largest absolute Gasteiger partial charge is 0.611 e. The lowest BCUT2D eigenvalue weighted by atomic mass is 10.1. The molecule has 0 aliphatic carbocycles. The van der Waals surface area contributed by atoms with Crippen LogP contribution < -0.4 is 4.74 Å². The predicted molar refractivity (Wildman–Crippen MR) is 74.5 cm³/mol. The molecule has 0 saturated heterocycles. The first-order chi connectivity index (χ1) is 8.68. The van der Waals surface area contributed by atoms with Gasteiger partial charge >= 0.3 is 0 Å². The van der Waals surface area contributed by atoms with Crippen LogP contribution in [0.2, 0.25) is 0 Å². The summed E-state index contributed by atoms with van der Waals surface area (Å²) < 4.78 is 43.8. The molecule has 1 aromatic rings. The highest BCUT2D eigenvalue weighted by Crippen LogP contribution is 2.32. The van der Waals surface area contributed by atoms with E-state index in [1.165, 1.54) is 12.5 Å². The van der Waals surface area contributed by atoms with Gasteiger partial charge in [0.1, 0.15) is 16.0 Å². The molecule has 106 valence electrons. The molecule has 0 saturated carbocycles. The zero-order valence-electron chi connectivity index (χ0n) is 11.7. The van der Waals surface area contributed by atoms with Crippen molar-refractivity contribution in [3.05, 3.63) is 34.7 Å². The minimum absolute atomic E-state index is 0.0140. The number of benzene rings is 1. The molecule has 0 aliphatic rings. The Morgan fingerprint density at radius 3 is 2.26 bits per heavy atom. The Labute approximate surface area is 115 Å². The van der Waals surface area contributed by atoms with Crippen molar-refractivity contribution < 1.29 is 18.1 Å². The van der Waals surface area contributed by atoms with E-state index in [4.69, 9.17) is 4.74 Å². The summed E-state index contributed by atoms with van der Waals surface area (Å²) in [6.45, 7) is 7.02. The molecule has 0 N–H and O–H groups in total. The van der Waals surface area contributed by atoms with Crippen molar-refractivity contribution >= 4 is 16.7 Å². The Morgan fingerprint density at radius 1 is 1.26 bits per heavy atom. The second kappa shape index (κ2) is 5.92. The van der Waals surface area contributed by atoms with E-state index in [1.54, 1.807) is 6.92 Å². The highest BCUT2D eigenvalue weighted by molar-refractivity contribution is 7.95. The Bertz CT molecular complexity index is 493. The van der Waals surface area contributed by atoms with Crippen molar-refractivity contribution in [1.82, 2.24) is 0 Å². The normalized spacial score (nSPS) is 14.4. The fourth-order valence-corrected chi connectivity index (χ4v) is 2.29.